The van der Waals surface area contributed by atoms with Gasteiger partial charge < -0.3 is 10.2 Å². The van der Waals surface area contributed by atoms with Crippen molar-refractivity contribution in [3.05, 3.63) is 35.9 Å². The molecule has 2 atom stereocenters. The predicted octanol–water partition coefficient (Wildman–Crippen LogP) is 3.85. The van der Waals surface area contributed by atoms with Crippen LogP contribution < -0.4 is 5.32 Å². The molecule has 0 spiro atoms. The topological polar surface area (TPSA) is 15.3 Å². The van der Waals surface area contributed by atoms with Gasteiger partial charge in [-0.15, -0.1) is 0 Å². The Hall–Kier alpha value is -0.860. The third-order valence-corrected chi connectivity index (χ3v) is 3.84. The van der Waals surface area contributed by atoms with E-state index in [9.17, 15) is 0 Å². The minimum absolute atomic E-state index is 0.496. The highest BCUT2D eigenvalue weighted by atomic mass is 15.1. The van der Waals surface area contributed by atoms with Gasteiger partial charge in [0, 0.05) is 18.6 Å². The number of hydrogen-bond acceptors (Lipinski definition) is 2. The second-order valence-corrected chi connectivity index (χ2v) is 5.68. The van der Waals surface area contributed by atoms with E-state index in [1.807, 2.05) is 0 Å². The van der Waals surface area contributed by atoms with Crippen LogP contribution in [-0.2, 0) is 0 Å². The van der Waals surface area contributed by atoms with E-state index in [0.29, 0.717) is 12.1 Å². The smallest absolute Gasteiger partial charge is 0.0320 e. The zero-order chi connectivity index (χ0) is 14.1. The van der Waals surface area contributed by atoms with Crippen LogP contribution in [0.15, 0.2) is 30.3 Å². The molecule has 0 saturated carbocycles. The van der Waals surface area contributed by atoms with Crippen LogP contribution in [0.1, 0.15) is 51.1 Å². The molecule has 0 bridgehead atoms. The van der Waals surface area contributed by atoms with Crippen molar-refractivity contribution in [2.24, 2.45) is 0 Å². The molecule has 1 aromatic rings. The van der Waals surface area contributed by atoms with Gasteiger partial charge in [-0.2, -0.15) is 0 Å². The van der Waals surface area contributed by atoms with E-state index in [-0.39, 0.29) is 0 Å². The van der Waals surface area contributed by atoms with Crippen LogP contribution in [0, 0.1) is 0 Å². The number of unbranched alkanes of at least 4 members (excludes halogenated alkanes) is 2. The van der Waals surface area contributed by atoms with Gasteiger partial charge in [0.15, 0.2) is 0 Å². The van der Waals surface area contributed by atoms with Gasteiger partial charge >= 0.3 is 0 Å². The first-order valence-electron chi connectivity index (χ1n) is 7.60. The largest absolute Gasteiger partial charge is 0.308 e. The first-order valence-corrected chi connectivity index (χ1v) is 7.60. The molecule has 0 fully saturated rings. The third-order valence-electron chi connectivity index (χ3n) is 3.84. The lowest BCUT2D eigenvalue weighted by atomic mass is 10.00. The van der Waals surface area contributed by atoms with Crippen molar-refractivity contribution in [2.75, 3.05) is 20.6 Å². The Morgan fingerprint density at radius 1 is 1.11 bits per heavy atom. The van der Waals surface area contributed by atoms with Gasteiger partial charge in [-0.05, 0) is 33.0 Å². The molecule has 1 rings (SSSR count). The fourth-order valence-electron chi connectivity index (χ4n) is 2.17. The first kappa shape index (κ1) is 16.2. The van der Waals surface area contributed by atoms with Gasteiger partial charge in [0.25, 0.3) is 0 Å². The standard InChI is InChI=1S/C17H30N2/c1-5-6-8-13-17(16-11-9-7-10-12-16)18-14-15(2)19(3)4/h7,9-12,15,17-18H,5-6,8,13-14H2,1-4H3. The van der Waals surface area contributed by atoms with Crippen LogP contribution in [0.4, 0.5) is 0 Å². The molecule has 0 aliphatic rings. The molecular formula is C17H30N2. The maximum atomic E-state index is 3.73. The van der Waals surface area contributed by atoms with Crippen LogP contribution in [-0.4, -0.2) is 31.6 Å². The Balaban J connectivity index is 2.54. The Morgan fingerprint density at radius 3 is 2.37 bits per heavy atom. The van der Waals surface area contributed by atoms with Gasteiger partial charge in [0.2, 0.25) is 0 Å². The summed E-state index contributed by atoms with van der Waals surface area (Å²) in [5.74, 6) is 0. The Labute approximate surface area is 119 Å². The predicted molar refractivity (Wildman–Crippen MR) is 84.5 cm³/mol. The summed E-state index contributed by atoms with van der Waals surface area (Å²) in [5, 5.41) is 3.73. The number of hydrogen-bond donors (Lipinski definition) is 1. The molecule has 1 aromatic carbocycles. The summed E-state index contributed by atoms with van der Waals surface area (Å²) in [6.07, 6.45) is 5.15. The Morgan fingerprint density at radius 2 is 1.79 bits per heavy atom. The van der Waals surface area contributed by atoms with Crippen LogP contribution >= 0.6 is 0 Å². The van der Waals surface area contributed by atoms with Crippen molar-refractivity contribution in [2.45, 2.75) is 51.6 Å². The molecule has 2 nitrogen and oxygen atoms in total. The van der Waals surface area contributed by atoms with Crippen molar-refractivity contribution in [3.8, 4) is 0 Å². The normalized spacial score (nSPS) is 14.6. The lowest BCUT2D eigenvalue weighted by Gasteiger charge is -2.25. The summed E-state index contributed by atoms with van der Waals surface area (Å²) in [6.45, 7) is 5.57. The zero-order valence-corrected chi connectivity index (χ0v) is 13.0. The second-order valence-electron chi connectivity index (χ2n) is 5.68. The summed E-state index contributed by atoms with van der Waals surface area (Å²) in [4.78, 5) is 2.26. The van der Waals surface area contributed by atoms with Crippen LogP contribution in [0.2, 0.25) is 0 Å². The number of benzene rings is 1. The highest BCUT2D eigenvalue weighted by molar-refractivity contribution is 5.18. The summed E-state index contributed by atoms with van der Waals surface area (Å²) in [6, 6.07) is 11.9. The SMILES string of the molecule is CCCCCC(NCC(C)N(C)C)c1ccccc1. The average molecular weight is 262 g/mol. The molecule has 2 heteroatoms. The summed E-state index contributed by atoms with van der Waals surface area (Å²) >= 11 is 0. The number of nitrogens with zero attached hydrogens (tertiary/aromatic N) is 1. The van der Waals surface area contributed by atoms with Crippen molar-refractivity contribution in [3.63, 3.8) is 0 Å². The highest BCUT2D eigenvalue weighted by Crippen LogP contribution is 2.19. The van der Waals surface area contributed by atoms with Crippen LogP contribution in [0.3, 0.4) is 0 Å². The summed E-state index contributed by atoms with van der Waals surface area (Å²) < 4.78 is 0. The molecule has 0 saturated heterocycles. The van der Waals surface area contributed by atoms with Crippen molar-refractivity contribution in [1.29, 1.82) is 0 Å². The molecule has 0 amide bonds. The molecular weight excluding hydrogens is 232 g/mol. The number of likely N-dealkylation sites (N-methyl/N-ethyl adjacent to an activating group) is 1. The van der Waals surface area contributed by atoms with E-state index in [2.05, 4.69) is 68.5 Å². The summed E-state index contributed by atoms with van der Waals surface area (Å²) in [7, 11) is 4.28. The molecule has 108 valence electrons. The van der Waals surface area contributed by atoms with E-state index in [1.54, 1.807) is 0 Å². The lowest BCUT2D eigenvalue weighted by Crippen LogP contribution is -2.37. The fraction of sp³-hybridized carbons (Fsp3) is 0.647. The average Bonchev–Trinajstić information content (AvgIpc) is 2.43. The lowest BCUT2D eigenvalue weighted by molar-refractivity contribution is 0.290. The third kappa shape index (κ3) is 6.22. The molecule has 0 heterocycles. The number of rotatable bonds is 9. The van der Waals surface area contributed by atoms with E-state index in [1.165, 1.54) is 31.2 Å². The van der Waals surface area contributed by atoms with E-state index in [4.69, 9.17) is 0 Å². The maximum Gasteiger partial charge on any atom is 0.0320 e. The van der Waals surface area contributed by atoms with E-state index >= 15 is 0 Å². The van der Waals surface area contributed by atoms with Crippen molar-refractivity contribution >= 4 is 0 Å². The molecule has 0 aliphatic carbocycles. The Kier molecular flexibility index (Phi) is 7.76. The van der Waals surface area contributed by atoms with Gasteiger partial charge in [0.05, 0.1) is 0 Å². The van der Waals surface area contributed by atoms with Gasteiger partial charge in [-0.3, -0.25) is 0 Å². The maximum absolute atomic E-state index is 3.73. The van der Waals surface area contributed by atoms with Crippen LogP contribution in [0.25, 0.3) is 0 Å². The fourth-order valence-corrected chi connectivity index (χ4v) is 2.17. The molecule has 0 radical (unpaired) electrons. The van der Waals surface area contributed by atoms with Crippen molar-refractivity contribution in [1.82, 2.24) is 10.2 Å². The zero-order valence-electron chi connectivity index (χ0n) is 13.0. The molecule has 2 unspecified atom stereocenters. The minimum atomic E-state index is 0.496. The quantitative estimate of drug-likeness (QED) is 0.680. The molecule has 0 aromatic heterocycles. The van der Waals surface area contributed by atoms with Gasteiger partial charge in [-0.1, -0.05) is 56.5 Å². The monoisotopic (exact) mass is 262 g/mol. The van der Waals surface area contributed by atoms with E-state index < -0.39 is 0 Å². The number of nitrogens with one attached hydrogen (secondary N) is 1. The molecule has 0 aliphatic heterocycles. The Bertz CT molecular complexity index is 321. The molecule has 19 heavy (non-hydrogen) atoms. The van der Waals surface area contributed by atoms with Crippen molar-refractivity contribution < 1.29 is 0 Å². The first-order chi connectivity index (χ1) is 9.15. The van der Waals surface area contributed by atoms with Gasteiger partial charge in [0.1, 0.15) is 0 Å². The van der Waals surface area contributed by atoms with E-state index in [0.717, 1.165) is 6.54 Å². The van der Waals surface area contributed by atoms with Crippen LogP contribution in [0.5, 0.6) is 0 Å². The molecule has 1 N–H and O–H groups in total. The second kappa shape index (κ2) is 9.11. The summed E-state index contributed by atoms with van der Waals surface area (Å²) in [5.41, 5.74) is 1.42. The minimum Gasteiger partial charge on any atom is -0.308 e. The highest BCUT2D eigenvalue weighted by Gasteiger charge is 2.12. The van der Waals surface area contributed by atoms with Gasteiger partial charge in [-0.25, -0.2) is 0 Å².